The van der Waals surface area contributed by atoms with Crippen LogP contribution in [0.25, 0.3) is 11.0 Å². The third kappa shape index (κ3) is 8.59. The van der Waals surface area contributed by atoms with E-state index in [-0.39, 0.29) is 35.0 Å². The number of nitrogens with one attached hydrogen (secondary N) is 3. The molecular weight excluding hydrogens is 616 g/mol. The lowest BCUT2D eigenvalue weighted by atomic mass is 9.91. The number of fused-ring (bicyclic) bond motifs is 1. The Balaban J connectivity index is 1.31. The van der Waals surface area contributed by atoms with Crippen LogP contribution >= 0.6 is 11.3 Å². The summed E-state index contributed by atoms with van der Waals surface area (Å²) >= 11 is 0.737. The van der Waals surface area contributed by atoms with Crippen LogP contribution in [0.2, 0.25) is 0 Å². The zero-order valence-corrected chi connectivity index (χ0v) is 26.7. The standard InChI is InChI=1S/C33H37F2N5O5S/c1-33(2,3)45-32(43)37-22-10-12-23(13-11-22)40-25-14-9-21(18-36-31(42)44-19-20-7-5-4-6-8-20)17-24(25)38-30(40)39-29(41)27-16-15-26(46-27)28(34)35/h4-9,14-17,22-23,28H,10-13,18-19H2,1-3H3,(H,36,42)(H,37,43)(H,38,39,41). The first-order chi connectivity index (χ1) is 21.9. The van der Waals surface area contributed by atoms with Crippen molar-refractivity contribution in [2.75, 3.05) is 5.32 Å². The SMILES string of the molecule is CC(C)(C)OC(=O)NC1CCC(n2c(NC(=O)c3ccc(C(F)F)s3)nc3cc(CNC(=O)OCc4ccccc4)ccc32)CC1. The van der Waals surface area contributed by atoms with Gasteiger partial charge in [-0.25, -0.2) is 23.4 Å². The van der Waals surface area contributed by atoms with Gasteiger partial charge < -0.3 is 24.7 Å². The highest BCUT2D eigenvalue weighted by Gasteiger charge is 2.29. The van der Waals surface area contributed by atoms with Crippen molar-refractivity contribution in [2.45, 2.75) is 83.7 Å². The van der Waals surface area contributed by atoms with Gasteiger partial charge in [0.15, 0.2) is 0 Å². The molecule has 244 valence electrons. The summed E-state index contributed by atoms with van der Waals surface area (Å²) in [6.07, 6.45) is -0.915. The van der Waals surface area contributed by atoms with E-state index in [2.05, 4.69) is 16.0 Å². The second-order valence-electron chi connectivity index (χ2n) is 12.2. The van der Waals surface area contributed by atoms with Crippen molar-refractivity contribution in [3.8, 4) is 0 Å². The van der Waals surface area contributed by atoms with Gasteiger partial charge in [-0.2, -0.15) is 0 Å². The first-order valence-electron chi connectivity index (χ1n) is 15.1. The second-order valence-corrected chi connectivity index (χ2v) is 13.3. The maximum Gasteiger partial charge on any atom is 0.407 e. The van der Waals surface area contributed by atoms with Crippen LogP contribution in [-0.2, 0) is 22.6 Å². The van der Waals surface area contributed by atoms with Crippen LogP contribution in [0.3, 0.4) is 0 Å². The summed E-state index contributed by atoms with van der Waals surface area (Å²) in [5, 5.41) is 8.53. The van der Waals surface area contributed by atoms with Gasteiger partial charge in [-0.05, 0) is 81.8 Å². The van der Waals surface area contributed by atoms with E-state index in [1.54, 1.807) is 0 Å². The Morgan fingerprint density at radius 1 is 0.978 bits per heavy atom. The molecule has 2 aromatic carbocycles. The molecule has 10 nitrogen and oxygen atoms in total. The van der Waals surface area contributed by atoms with Gasteiger partial charge in [0.05, 0.1) is 20.8 Å². The van der Waals surface area contributed by atoms with Crippen molar-refractivity contribution in [1.82, 2.24) is 20.2 Å². The van der Waals surface area contributed by atoms with Gasteiger partial charge in [0.25, 0.3) is 12.3 Å². The van der Waals surface area contributed by atoms with E-state index in [1.165, 1.54) is 12.1 Å². The Morgan fingerprint density at radius 3 is 2.39 bits per heavy atom. The van der Waals surface area contributed by atoms with Crippen molar-refractivity contribution in [1.29, 1.82) is 0 Å². The number of amides is 3. The second kappa shape index (κ2) is 14.3. The Morgan fingerprint density at radius 2 is 1.72 bits per heavy atom. The first kappa shape index (κ1) is 32.9. The van der Waals surface area contributed by atoms with Crippen molar-refractivity contribution >= 4 is 46.4 Å². The average Bonchev–Trinajstić information content (AvgIpc) is 3.64. The monoisotopic (exact) mass is 653 g/mol. The maximum atomic E-state index is 13.2. The predicted molar refractivity (Wildman–Crippen MR) is 171 cm³/mol. The van der Waals surface area contributed by atoms with Gasteiger partial charge in [0, 0.05) is 18.6 Å². The molecule has 2 heterocycles. The maximum absolute atomic E-state index is 13.2. The number of carbonyl (C=O) groups excluding carboxylic acids is 3. The average molecular weight is 654 g/mol. The number of benzene rings is 2. The molecule has 3 amide bonds. The largest absolute Gasteiger partial charge is 0.445 e. The lowest BCUT2D eigenvalue weighted by molar-refractivity contribution is 0.0488. The zero-order chi connectivity index (χ0) is 32.8. The summed E-state index contributed by atoms with van der Waals surface area (Å²) in [7, 11) is 0. The number of carbonyl (C=O) groups is 3. The van der Waals surface area contributed by atoms with Crippen LogP contribution in [0.5, 0.6) is 0 Å². The molecular formula is C33H37F2N5O5S. The fourth-order valence-corrected chi connectivity index (χ4v) is 6.13. The highest BCUT2D eigenvalue weighted by atomic mass is 32.1. The third-order valence-corrected chi connectivity index (χ3v) is 8.57. The minimum absolute atomic E-state index is 0.0473. The van der Waals surface area contributed by atoms with Gasteiger partial charge in [0.1, 0.15) is 12.2 Å². The number of nitrogens with zero attached hydrogens (tertiary/aromatic N) is 2. The molecule has 0 atom stereocenters. The summed E-state index contributed by atoms with van der Waals surface area (Å²) in [5.74, 6) is -0.236. The van der Waals surface area contributed by atoms with E-state index in [0.717, 1.165) is 28.0 Å². The molecule has 1 fully saturated rings. The molecule has 0 radical (unpaired) electrons. The highest BCUT2D eigenvalue weighted by Crippen LogP contribution is 2.35. The minimum atomic E-state index is -2.66. The Kier molecular flexibility index (Phi) is 10.2. The fraction of sp³-hybridized carbons (Fsp3) is 0.394. The highest BCUT2D eigenvalue weighted by molar-refractivity contribution is 7.14. The lowest BCUT2D eigenvalue weighted by Gasteiger charge is -2.31. The number of hydrogen-bond donors (Lipinski definition) is 3. The van der Waals surface area contributed by atoms with Crippen LogP contribution in [0.1, 0.15) is 84.6 Å². The zero-order valence-electron chi connectivity index (χ0n) is 25.8. The molecule has 1 saturated carbocycles. The third-order valence-electron chi connectivity index (χ3n) is 7.48. The Hall–Kier alpha value is -4.52. The normalized spacial score (nSPS) is 16.7. The van der Waals surface area contributed by atoms with Gasteiger partial charge in [-0.15, -0.1) is 11.3 Å². The number of imidazole rings is 1. The summed E-state index contributed by atoms with van der Waals surface area (Å²) in [5.41, 5.74) is 2.42. The molecule has 0 spiro atoms. The van der Waals surface area contributed by atoms with E-state index in [0.29, 0.717) is 37.1 Å². The lowest BCUT2D eigenvalue weighted by Crippen LogP contribution is -2.41. The topological polar surface area (TPSA) is 124 Å². The molecule has 46 heavy (non-hydrogen) atoms. The van der Waals surface area contributed by atoms with Crippen LogP contribution in [-0.4, -0.2) is 39.3 Å². The predicted octanol–water partition coefficient (Wildman–Crippen LogP) is 7.72. The summed E-state index contributed by atoms with van der Waals surface area (Å²) in [4.78, 5) is 42.4. The van der Waals surface area contributed by atoms with Crippen LogP contribution in [0.4, 0.5) is 24.3 Å². The fourth-order valence-electron chi connectivity index (χ4n) is 5.37. The molecule has 1 aliphatic rings. The van der Waals surface area contributed by atoms with Crippen molar-refractivity contribution in [3.05, 3.63) is 81.5 Å². The van der Waals surface area contributed by atoms with Crippen LogP contribution < -0.4 is 16.0 Å². The van der Waals surface area contributed by atoms with Crippen LogP contribution in [0.15, 0.2) is 60.7 Å². The molecule has 3 N–H and O–H groups in total. The number of rotatable bonds is 9. The number of halogens is 2. The van der Waals surface area contributed by atoms with E-state index < -0.39 is 30.1 Å². The number of alkyl carbamates (subject to hydrolysis) is 2. The Labute approximate surface area is 269 Å². The van der Waals surface area contributed by atoms with E-state index in [4.69, 9.17) is 14.5 Å². The first-order valence-corrected chi connectivity index (χ1v) is 15.9. The molecule has 1 aliphatic carbocycles. The van der Waals surface area contributed by atoms with Gasteiger partial charge in [-0.1, -0.05) is 36.4 Å². The van der Waals surface area contributed by atoms with Gasteiger partial charge in [-0.3, -0.25) is 10.1 Å². The van der Waals surface area contributed by atoms with Gasteiger partial charge >= 0.3 is 12.2 Å². The summed E-state index contributed by atoms with van der Waals surface area (Å²) in [6.45, 7) is 5.79. The van der Waals surface area contributed by atoms with E-state index in [9.17, 15) is 23.2 Å². The number of alkyl halides is 2. The molecule has 13 heteroatoms. The Bertz CT molecular complexity index is 1680. The number of anilines is 1. The van der Waals surface area contributed by atoms with Crippen molar-refractivity contribution in [3.63, 3.8) is 0 Å². The quantitative estimate of drug-likeness (QED) is 0.170. The molecule has 5 rings (SSSR count). The van der Waals surface area contributed by atoms with E-state index in [1.807, 2.05) is 73.9 Å². The summed E-state index contributed by atoms with van der Waals surface area (Å²) < 4.78 is 39.0. The number of aromatic nitrogens is 2. The van der Waals surface area contributed by atoms with Crippen molar-refractivity contribution in [2.24, 2.45) is 0 Å². The minimum Gasteiger partial charge on any atom is -0.445 e. The number of hydrogen-bond acceptors (Lipinski definition) is 7. The van der Waals surface area contributed by atoms with Gasteiger partial charge in [0.2, 0.25) is 5.95 Å². The molecule has 0 aliphatic heterocycles. The van der Waals surface area contributed by atoms with Crippen LogP contribution in [0, 0.1) is 0 Å². The molecule has 0 bridgehead atoms. The molecule has 2 aromatic heterocycles. The smallest absolute Gasteiger partial charge is 0.407 e. The molecule has 0 unspecified atom stereocenters. The molecule has 4 aromatic rings. The molecule has 0 saturated heterocycles. The number of ether oxygens (including phenoxy) is 2. The number of thiophene rings is 1. The summed E-state index contributed by atoms with van der Waals surface area (Å²) in [6, 6.07) is 17.5. The van der Waals surface area contributed by atoms with E-state index >= 15 is 0 Å². The van der Waals surface area contributed by atoms with Crippen molar-refractivity contribution < 1.29 is 32.6 Å².